The molecule has 0 unspecified atom stereocenters. The van der Waals surface area contributed by atoms with Crippen molar-refractivity contribution in [3.8, 4) is 5.75 Å². The number of carbonyl (C=O) groups is 1. The van der Waals surface area contributed by atoms with E-state index in [0.717, 1.165) is 30.8 Å². The fraction of sp³-hybridized carbons (Fsp3) is 0.562. The van der Waals surface area contributed by atoms with Gasteiger partial charge >= 0.3 is 0 Å². The minimum Gasteiger partial charge on any atom is -0.496 e. The maximum absolute atomic E-state index is 12.0. The van der Waals surface area contributed by atoms with Crippen molar-refractivity contribution in [2.75, 3.05) is 13.7 Å². The SMILES string of the molecule is COc1ccc(CN2CCCC(=O)C2(C)C)cc1C. The third-order valence-electron chi connectivity index (χ3n) is 4.14. The molecule has 1 aromatic rings. The summed E-state index contributed by atoms with van der Waals surface area (Å²) < 4.78 is 5.28. The van der Waals surface area contributed by atoms with E-state index in [4.69, 9.17) is 4.74 Å². The molecule has 3 heteroatoms. The van der Waals surface area contributed by atoms with Gasteiger partial charge in [0.05, 0.1) is 12.6 Å². The zero-order chi connectivity index (χ0) is 14.0. The van der Waals surface area contributed by atoms with Crippen LogP contribution in [-0.2, 0) is 11.3 Å². The van der Waals surface area contributed by atoms with Gasteiger partial charge in [-0.25, -0.2) is 0 Å². The number of piperidine rings is 1. The highest BCUT2D eigenvalue weighted by atomic mass is 16.5. The van der Waals surface area contributed by atoms with Gasteiger partial charge in [0, 0.05) is 13.0 Å². The zero-order valence-electron chi connectivity index (χ0n) is 12.3. The van der Waals surface area contributed by atoms with Crippen LogP contribution in [0.25, 0.3) is 0 Å². The highest BCUT2D eigenvalue weighted by molar-refractivity contribution is 5.88. The Hall–Kier alpha value is -1.35. The number of ketones is 1. The molecule has 1 fully saturated rings. The Morgan fingerprint density at radius 3 is 2.74 bits per heavy atom. The molecule has 1 heterocycles. The van der Waals surface area contributed by atoms with E-state index in [1.165, 1.54) is 5.56 Å². The largest absolute Gasteiger partial charge is 0.496 e. The fourth-order valence-corrected chi connectivity index (χ4v) is 2.73. The van der Waals surface area contributed by atoms with Crippen molar-refractivity contribution >= 4 is 5.78 Å². The minimum atomic E-state index is -0.341. The van der Waals surface area contributed by atoms with E-state index in [0.29, 0.717) is 12.2 Å². The quantitative estimate of drug-likeness (QED) is 0.838. The number of Topliss-reactive ketones (excluding diaryl/α,β-unsaturated/α-hetero) is 1. The van der Waals surface area contributed by atoms with Crippen molar-refractivity contribution in [3.63, 3.8) is 0 Å². The Morgan fingerprint density at radius 2 is 2.11 bits per heavy atom. The highest BCUT2D eigenvalue weighted by Gasteiger charge is 2.36. The first-order chi connectivity index (χ1) is 8.95. The summed E-state index contributed by atoms with van der Waals surface area (Å²) in [7, 11) is 1.69. The van der Waals surface area contributed by atoms with Crippen molar-refractivity contribution in [3.05, 3.63) is 29.3 Å². The van der Waals surface area contributed by atoms with Crippen LogP contribution in [0.2, 0.25) is 0 Å². The molecular weight excluding hydrogens is 238 g/mol. The molecule has 0 bridgehead atoms. The predicted octanol–water partition coefficient (Wildman–Crippen LogP) is 2.95. The molecule has 0 atom stereocenters. The number of ether oxygens (including phenoxy) is 1. The van der Waals surface area contributed by atoms with E-state index in [1.54, 1.807) is 7.11 Å². The number of methoxy groups -OCH3 is 1. The van der Waals surface area contributed by atoms with E-state index in [9.17, 15) is 4.79 Å². The lowest BCUT2D eigenvalue weighted by atomic mass is 9.88. The smallest absolute Gasteiger partial charge is 0.152 e. The van der Waals surface area contributed by atoms with Gasteiger partial charge in [0.2, 0.25) is 0 Å². The lowest BCUT2D eigenvalue weighted by Gasteiger charge is -2.41. The number of benzene rings is 1. The van der Waals surface area contributed by atoms with Crippen molar-refractivity contribution in [1.82, 2.24) is 4.90 Å². The van der Waals surface area contributed by atoms with Crippen LogP contribution in [0.3, 0.4) is 0 Å². The van der Waals surface area contributed by atoms with Crippen LogP contribution in [0.1, 0.15) is 37.8 Å². The zero-order valence-corrected chi connectivity index (χ0v) is 12.3. The second kappa shape index (κ2) is 5.33. The molecule has 2 rings (SSSR count). The predicted molar refractivity (Wildman–Crippen MR) is 76.5 cm³/mol. The monoisotopic (exact) mass is 261 g/mol. The average Bonchev–Trinajstić information content (AvgIpc) is 2.36. The topological polar surface area (TPSA) is 29.5 Å². The molecule has 0 spiro atoms. The van der Waals surface area contributed by atoms with Gasteiger partial charge in [-0.15, -0.1) is 0 Å². The standard InChI is InChI=1S/C16H23NO2/c1-12-10-13(7-8-14(12)19-4)11-17-9-5-6-15(18)16(17,2)3/h7-8,10H,5-6,9,11H2,1-4H3. The number of likely N-dealkylation sites (tertiary alicyclic amines) is 1. The Labute approximate surface area is 115 Å². The first-order valence-electron chi connectivity index (χ1n) is 6.87. The van der Waals surface area contributed by atoms with Crippen molar-refractivity contribution in [2.45, 2.75) is 45.7 Å². The van der Waals surface area contributed by atoms with Gasteiger partial charge in [-0.1, -0.05) is 12.1 Å². The van der Waals surface area contributed by atoms with Crippen LogP contribution < -0.4 is 4.74 Å². The van der Waals surface area contributed by atoms with Gasteiger partial charge in [0.15, 0.2) is 5.78 Å². The van der Waals surface area contributed by atoms with Gasteiger partial charge in [0.1, 0.15) is 5.75 Å². The van der Waals surface area contributed by atoms with Gasteiger partial charge in [-0.05, 0) is 50.9 Å². The van der Waals surface area contributed by atoms with E-state index in [2.05, 4.69) is 24.0 Å². The lowest BCUT2D eigenvalue weighted by Crippen LogP contribution is -2.53. The third-order valence-corrected chi connectivity index (χ3v) is 4.14. The maximum Gasteiger partial charge on any atom is 0.152 e. The molecule has 19 heavy (non-hydrogen) atoms. The molecule has 3 nitrogen and oxygen atoms in total. The first kappa shape index (κ1) is 14.1. The normalized spacial score (nSPS) is 19.5. The summed E-state index contributed by atoms with van der Waals surface area (Å²) >= 11 is 0. The molecular formula is C16H23NO2. The highest BCUT2D eigenvalue weighted by Crippen LogP contribution is 2.27. The molecule has 0 aliphatic carbocycles. The Balaban J connectivity index is 2.16. The van der Waals surface area contributed by atoms with Crippen molar-refractivity contribution < 1.29 is 9.53 Å². The second-order valence-electron chi connectivity index (χ2n) is 5.81. The number of aryl methyl sites for hydroxylation is 1. The number of rotatable bonds is 3. The van der Waals surface area contributed by atoms with E-state index < -0.39 is 0 Å². The van der Waals surface area contributed by atoms with Crippen LogP contribution in [0.15, 0.2) is 18.2 Å². The molecule has 0 radical (unpaired) electrons. The number of carbonyl (C=O) groups excluding carboxylic acids is 1. The van der Waals surface area contributed by atoms with Crippen LogP contribution in [0.5, 0.6) is 5.75 Å². The van der Waals surface area contributed by atoms with E-state index in [1.807, 2.05) is 19.9 Å². The maximum atomic E-state index is 12.0. The summed E-state index contributed by atoms with van der Waals surface area (Å²) in [5.41, 5.74) is 2.04. The summed E-state index contributed by atoms with van der Waals surface area (Å²) in [5.74, 6) is 1.27. The molecule has 1 saturated heterocycles. The van der Waals surface area contributed by atoms with Crippen molar-refractivity contribution in [2.24, 2.45) is 0 Å². The Kier molecular flexibility index (Phi) is 3.95. The number of hydrogen-bond acceptors (Lipinski definition) is 3. The van der Waals surface area contributed by atoms with Crippen molar-refractivity contribution in [1.29, 1.82) is 0 Å². The molecule has 0 saturated carbocycles. The van der Waals surface area contributed by atoms with Crippen LogP contribution in [0, 0.1) is 6.92 Å². The summed E-state index contributed by atoms with van der Waals surface area (Å²) in [6.45, 7) is 7.93. The molecule has 1 aromatic carbocycles. The summed E-state index contributed by atoms with van der Waals surface area (Å²) in [5, 5.41) is 0. The Bertz CT molecular complexity index is 480. The van der Waals surface area contributed by atoms with Crippen LogP contribution in [0.4, 0.5) is 0 Å². The molecule has 0 N–H and O–H groups in total. The van der Waals surface area contributed by atoms with Gasteiger partial charge in [0.25, 0.3) is 0 Å². The number of nitrogens with zero attached hydrogens (tertiary/aromatic N) is 1. The molecule has 104 valence electrons. The third kappa shape index (κ3) is 2.81. The minimum absolute atomic E-state index is 0.341. The Morgan fingerprint density at radius 1 is 1.37 bits per heavy atom. The average molecular weight is 261 g/mol. The van der Waals surface area contributed by atoms with E-state index in [-0.39, 0.29) is 5.54 Å². The van der Waals surface area contributed by atoms with Gasteiger partial charge < -0.3 is 4.74 Å². The fourth-order valence-electron chi connectivity index (χ4n) is 2.73. The molecule has 1 aliphatic rings. The molecule has 0 amide bonds. The number of hydrogen-bond donors (Lipinski definition) is 0. The second-order valence-corrected chi connectivity index (χ2v) is 5.81. The lowest BCUT2D eigenvalue weighted by molar-refractivity contribution is -0.133. The van der Waals surface area contributed by atoms with Gasteiger partial charge in [-0.2, -0.15) is 0 Å². The molecule has 1 aliphatic heterocycles. The van der Waals surface area contributed by atoms with Gasteiger partial charge in [-0.3, -0.25) is 9.69 Å². The summed E-state index contributed by atoms with van der Waals surface area (Å²) in [4.78, 5) is 14.3. The summed E-state index contributed by atoms with van der Waals surface area (Å²) in [6.07, 6.45) is 1.68. The summed E-state index contributed by atoms with van der Waals surface area (Å²) in [6, 6.07) is 6.23. The van der Waals surface area contributed by atoms with Crippen LogP contribution in [-0.4, -0.2) is 29.9 Å². The van der Waals surface area contributed by atoms with Crippen LogP contribution >= 0.6 is 0 Å². The van der Waals surface area contributed by atoms with E-state index >= 15 is 0 Å². The first-order valence-corrected chi connectivity index (χ1v) is 6.87. The molecule has 0 aromatic heterocycles.